The lowest BCUT2D eigenvalue weighted by molar-refractivity contribution is -0.922. The fourth-order valence-electron chi connectivity index (χ4n) is 2.05. The van der Waals surface area contributed by atoms with Gasteiger partial charge in [0, 0.05) is 6.42 Å². The van der Waals surface area contributed by atoms with Crippen molar-refractivity contribution in [2.45, 2.75) is 31.1 Å². The predicted molar refractivity (Wildman–Crippen MR) is 53.0 cm³/mol. The van der Waals surface area contributed by atoms with E-state index in [4.69, 9.17) is 0 Å². The Morgan fingerprint density at radius 3 is 1.92 bits per heavy atom. The minimum absolute atomic E-state index is 0. The zero-order valence-corrected chi connectivity index (χ0v) is 11.7. The number of hydrogen-bond donors (Lipinski definition) is 0. The number of rotatable bonds is 2. The Kier molecular flexibility index (Phi) is 4.40. The molecule has 0 bridgehead atoms. The summed E-state index contributed by atoms with van der Waals surface area (Å²) in [6, 6.07) is 0. The lowest BCUT2D eigenvalue weighted by Crippen LogP contribution is -3.00. The fourth-order valence-corrected chi connectivity index (χ4v) is 4.00. The maximum absolute atomic E-state index is 2.36. The smallest absolute Gasteiger partial charge is 0.119 e. The molecular formula is C9H20INS. The van der Waals surface area contributed by atoms with Crippen LogP contribution < -0.4 is 24.0 Å². The van der Waals surface area contributed by atoms with Crippen molar-refractivity contribution >= 4 is 11.8 Å². The molecular weight excluding hydrogens is 281 g/mol. The molecule has 1 nitrogen and oxygen atoms in total. The number of quaternary nitrogens is 1. The molecule has 1 aliphatic heterocycles. The summed E-state index contributed by atoms with van der Waals surface area (Å²) < 4.78 is 1.12. The van der Waals surface area contributed by atoms with Gasteiger partial charge < -0.3 is 28.5 Å². The average Bonchev–Trinajstić information content (AvgIpc) is 1.84. The zero-order chi connectivity index (χ0) is 8.70. The topological polar surface area (TPSA) is 0 Å². The molecule has 0 radical (unpaired) electrons. The summed E-state index contributed by atoms with van der Waals surface area (Å²) >= 11 is 2.10. The highest BCUT2D eigenvalue weighted by Gasteiger charge is 2.53. The average molecular weight is 301 g/mol. The summed E-state index contributed by atoms with van der Waals surface area (Å²) in [5.74, 6) is 1.34. The van der Waals surface area contributed by atoms with Crippen LogP contribution in [0.3, 0.4) is 0 Å². The molecule has 0 aromatic carbocycles. The standard InChI is InChI=1S/C9H20NS.HI/c1-6-9(10(3,4)5)7-11-8(9)2;/h8H,6-7H2,1-5H3;1H/q+1;/p-1. The molecule has 74 valence electrons. The minimum Gasteiger partial charge on any atom is -1.00 e. The van der Waals surface area contributed by atoms with E-state index >= 15 is 0 Å². The first-order chi connectivity index (χ1) is 4.94. The van der Waals surface area contributed by atoms with E-state index in [1.165, 1.54) is 12.2 Å². The van der Waals surface area contributed by atoms with Gasteiger partial charge in [-0.05, 0) is 6.92 Å². The first-order valence-electron chi connectivity index (χ1n) is 4.37. The van der Waals surface area contributed by atoms with Crippen molar-refractivity contribution in [2.75, 3.05) is 26.9 Å². The molecule has 0 aromatic heterocycles. The molecule has 0 aliphatic carbocycles. The predicted octanol–water partition coefficient (Wildman–Crippen LogP) is -1.02. The zero-order valence-electron chi connectivity index (χ0n) is 8.72. The van der Waals surface area contributed by atoms with Gasteiger partial charge in [0.2, 0.25) is 0 Å². The molecule has 1 aliphatic rings. The van der Waals surface area contributed by atoms with E-state index in [0.717, 1.165) is 9.73 Å². The highest BCUT2D eigenvalue weighted by atomic mass is 127. The monoisotopic (exact) mass is 301 g/mol. The van der Waals surface area contributed by atoms with Gasteiger partial charge in [0.25, 0.3) is 0 Å². The van der Waals surface area contributed by atoms with Gasteiger partial charge >= 0.3 is 0 Å². The highest BCUT2D eigenvalue weighted by Crippen LogP contribution is 2.46. The quantitative estimate of drug-likeness (QED) is 0.465. The summed E-state index contributed by atoms with van der Waals surface area (Å²) in [6.07, 6.45) is 1.31. The Labute approximate surface area is 97.9 Å². The maximum Gasteiger partial charge on any atom is 0.119 e. The van der Waals surface area contributed by atoms with Gasteiger partial charge in [-0.2, -0.15) is 0 Å². The van der Waals surface area contributed by atoms with Crippen LogP contribution in [0.2, 0.25) is 0 Å². The van der Waals surface area contributed by atoms with Crippen molar-refractivity contribution in [3.8, 4) is 0 Å². The maximum atomic E-state index is 2.36. The lowest BCUT2D eigenvalue weighted by atomic mass is 9.90. The number of nitrogens with zero attached hydrogens (tertiary/aromatic N) is 1. The van der Waals surface area contributed by atoms with Crippen molar-refractivity contribution in [3.05, 3.63) is 0 Å². The Balaban J connectivity index is 0.00000121. The fraction of sp³-hybridized carbons (Fsp3) is 1.00. The highest BCUT2D eigenvalue weighted by molar-refractivity contribution is 8.01. The molecule has 1 saturated heterocycles. The van der Waals surface area contributed by atoms with Crippen LogP contribution >= 0.6 is 11.8 Å². The van der Waals surface area contributed by atoms with Crippen LogP contribution in [-0.2, 0) is 0 Å². The van der Waals surface area contributed by atoms with E-state index in [1.54, 1.807) is 0 Å². The summed E-state index contributed by atoms with van der Waals surface area (Å²) in [4.78, 5) is 0. The molecule has 1 heterocycles. The van der Waals surface area contributed by atoms with E-state index in [1.807, 2.05) is 0 Å². The molecule has 3 heteroatoms. The van der Waals surface area contributed by atoms with Gasteiger partial charge in [0.05, 0.1) is 32.1 Å². The third-order valence-corrected chi connectivity index (χ3v) is 4.89. The lowest BCUT2D eigenvalue weighted by Gasteiger charge is -2.55. The normalized spacial score (nSPS) is 35.2. The van der Waals surface area contributed by atoms with Gasteiger partial charge in [0.15, 0.2) is 0 Å². The van der Waals surface area contributed by atoms with Gasteiger partial charge in [-0.1, -0.05) is 6.92 Å². The number of hydrogen-bond acceptors (Lipinski definition) is 1. The molecule has 2 atom stereocenters. The van der Waals surface area contributed by atoms with Crippen molar-refractivity contribution in [2.24, 2.45) is 0 Å². The van der Waals surface area contributed by atoms with Crippen LogP contribution in [0.1, 0.15) is 20.3 Å². The van der Waals surface area contributed by atoms with Crippen LogP contribution in [0.4, 0.5) is 0 Å². The molecule has 0 N–H and O–H groups in total. The van der Waals surface area contributed by atoms with Gasteiger partial charge in [-0.15, -0.1) is 11.8 Å². The van der Waals surface area contributed by atoms with Crippen molar-refractivity contribution in [1.29, 1.82) is 0 Å². The second-order valence-electron chi connectivity index (χ2n) is 4.42. The summed E-state index contributed by atoms with van der Waals surface area (Å²) in [5, 5.41) is 0.840. The SMILES string of the molecule is CCC1([N+](C)(C)C)CSC1C.[I-]. The van der Waals surface area contributed by atoms with Crippen molar-refractivity contribution in [1.82, 2.24) is 0 Å². The van der Waals surface area contributed by atoms with Crippen molar-refractivity contribution in [3.63, 3.8) is 0 Å². The van der Waals surface area contributed by atoms with E-state index < -0.39 is 0 Å². The number of thioether (sulfide) groups is 1. The van der Waals surface area contributed by atoms with Crippen LogP contribution in [0.15, 0.2) is 0 Å². The first kappa shape index (κ1) is 13.0. The minimum atomic E-state index is 0. The molecule has 1 rings (SSSR count). The second-order valence-corrected chi connectivity index (χ2v) is 5.75. The van der Waals surface area contributed by atoms with E-state index in [9.17, 15) is 0 Å². The number of halogens is 1. The van der Waals surface area contributed by atoms with Crippen LogP contribution in [0.5, 0.6) is 0 Å². The summed E-state index contributed by atoms with van der Waals surface area (Å²) in [7, 11) is 6.96. The summed E-state index contributed by atoms with van der Waals surface area (Å²) in [6.45, 7) is 4.68. The molecule has 2 unspecified atom stereocenters. The molecule has 0 amide bonds. The molecule has 0 saturated carbocycles. The van der Waals surface area contributed by atoms with Crippen LogP contribution in [0, 0.1) is 0 Å². The van der Waals surface area contributed by atoms with Crippen molar-refractivity contribution < 1.29 is 28.5 Å². The van der Waals surface area contributed by atoms with Gasteiger partial charge in [-0.25, -0.2) is 0 Å². The third kappa shape index (κ3) is 1.77. The Hall–Kier alpha value is 1.04. The van der Waals surface area contributed by atoms with Gasteiger partial charge in [-0.3, -0.25) is 0 Å². The van der Waals surface area contributed by atoms with Crippen LogP contribution in [-0.4, -0.2) is 42.2 Å². The van der Waals surface area contributed by atoms with E-state index in [0.29, 0.717) is 5.54 Å². The molecule has 0 spiro atoms. The molecule has 12 heavy (non-hydrogen) atoms. The molecule has 0 aromatic rings. The van der Waals surface area contributed by atoms with Crippen LogP contribution in [0.25, 0.3) is 0 Å². The van der Waals surface area contributed by atoms with E-state index in [-0.39, 0.29) is 24.0 Å². The molecule has 1 fully saturated rings. The first-order valence-corrected chi connectivity index (χ1v) is 5.42. The van der Waals surface area contributed by atoms with Gasteiger partial charge in [0.1, 0.15) is 5.54 Å². The van der Waals surface area contributed by atoms with E-state index in [2.05, 4.69) is 46.8 Å². The Morgan fingerprint density at radius 1 is 1.42 bits per heavy atom. The summed E-state index contributed by atoms with van der Waals surface area (Å²) in [5.41, 5.74) is 0.560. The Morgan fingerprint density at radius 2 is 1.92 bits per heavy atom. The third-order valence-electron chi connectivity index (χ3n) is 3.29. The second kappa shape index (κ2) is 4.05. The largest absolute Gasteiger partial charge is 1.00 e. The Bertz CT molecular complexity index is 151.